The first kappa shape index (κ1) is 20.4. The third-order valence-corrected chi connectivity index (χ3v) is 5.62. The highest BCUT2D eigenvalue weighted by atomic mass is 35.5. The molecule has 2 aromatic rings. The molecule has 8 heteroatoms. The molecule has 148 valence electrons. The van der Waals surface area contributed by atoms with Gasteiger partial charge in [-0.15, -0.1) is 0 Å². The molecule has 3 rings (SSSR count). The number of anilines is 1. The number of ether oxygens (including phenoxy) is 1. The van der Waals surface area contributed by atoms with E-state index in [0.29, 0.717) is 21.3 Å². The molecule has 2 aromatic carbocycles. The number of amides is 1. The van der Waals surface area contributed by atoms with Gasteiger partial charge in [0.25, 0.3) is 0 Å². The van der Waals surface area contributed by atoms with Crippen LogP contribution in [0.1, 0.15) is 38.2 Å². The first-order valence-corrected chi connectivity index (χ1v) is 9.77. The van der Waals surface area contributed by atoms with Gasteiger partial charge in [-0.1, -0.05) is 42.6 Å². The molecule has 6 nitrogen and oxygen atoms in total. The van der Waals surface area contributed by atoms with Crippen LogP contribution < -0.4 is 10.1 Å². The molecule has 1 amide bonds. The van der Waals surface area contributed by atoms with Crippen molar-refractivity contribution in [2.24, 2.45) is 5.41 Å². The molecule has 0 unspecified atom stereocenters. The zero-order chi connectivity index (χ0) is 20.3. The Bertz CT molecular complexity index is 893. The van der Waals surface area contributed by atoms with E-state index in [1.807, 2.05) is 6.92 Å². The van der Waals surface area contributed by atoms with Gasteiger partial charge in [0.2, 0.25) is 5.91 Å². The number of carbonyl (C=O) groups excluding carboxylic acids is 1. The van der Waals surface area contributed by atoms with Crippen molar-refractivity contribution in [1.82, 2.24) is 0 Å². The Kier molecular flexibility index (Phi) is 6.10. The smallest absolute Gasteiger partial charge is 0.313 e. The van der Waals surface area contributed by atoms with Gasteiger partial charge >= 0.3 is 5.69 Å². The van der Waals surface area contributed by atoms with E-state index in [1.165, 1.54) is 12.1 Å². The van der Waals surface area contributed by atoms with Crippen LogP contribution in [0.4, 0.5) is 11.4 Å². The molecule has 0 atom stereocenters. The second-order valence-corrected chi connectivity index (χ2v) is 7.73. The fourth-order valence-electron chi connectivity index (χ4n) is 3.16. The van der Waals surface area contributed by atoms with Crippen molar-refractivity contribution < 1.29 is 14.5 Å². The van der Waals surface area contributed by atoms with Crippen LogP contribution in [0.3, 0.4) is 0 Å². The zero-order valence-electron chi connectivity index (χ0n) is 15.3. The average molecular weight is 423 g/mol. The summed E-state index contributed by atoms with van der Waals surface area (Å²) < 4.78 is 5.60. The summed E-state index contributed by atoms with van der Waals surface area (Å²) in [6, 6.07) is 9.42. The summed E-state index contributed by atoms with van der Waals surface area (Å²) in [5.41, 5.74) is 0.371. The Morgan fingerprint density at radius 3 is 2.50 bits per heavy atom. The summed E-state index contributed by atoms with van der Waals surface area (Å²) in [6.07, 6.45) is 3.45. The summed E-state index contributed by atoms with van der Waals surface area (Å²) in [7, 11) is 0. The van der Waals surface area contributed by atoms with Crippen LogP contribution in [-0.4, -0.2) is 10.8 Å². The van der Waals surface area contributed by atoms with Gasteiger partial charge in [0.1, 0.15) is 6.61 Å². The lowest BCUT2D eigenvalue weighted by atomic mass is 9.99. The first-order valence-electron chi connectivity index (χ1n) is 9.02. The summed E-state index contributed by atoms with van der Waals surface area (Å²) in [4.78, 5) is 23.4. The third kappa shape index (κ3) is 4.39. The number of rotatable bonds is 8. The number of benzene rings is 2. The number of nitro groups is 1. The third-order valence-electron chi connectivity index (χ3n) is 4.91. The molecule has 1 aliphatic carbocycles. The number of carbonyl (C=O) groups is 1. The molecule has 0 saturated heterocycles. The number of nitrogens with zero attached hydrogens (tertiary/aromatic N) is 1. The monoisotopic (exact) mass is 422 g/mol. The summed E-state index contributed by atoms with van der Waals surface area (Å²) >= 11 is 12.2. The molecule has 28 heavy (non-hydrogen) atoms. The number of hydrogen-bond donors (Lipinski definition) is 1. The molecule has 1 aliphatic rings. The molecule has 0 spiro atoms. The molecule has 0 aliphatic heterocycles. The average Bonchev–Trinajstić information content (AvgIpc) is 3.43. The minimum atomic E-state index is -0.544. The van der Waals surface area contributed by atoms with Gasteiger partial charge in [-0.2, -0.15) is 0 Å². The molecule has 1 saturated carbocycles. The molecule has 0 heterocycles. The Morgan fingerprint density at radius 1 is 1.25 bits per heavy atom. The van der Waals surface area contributed by atoms with Gasteiger partial charge in [0, 0.05) is 32.8 Å². The molecule has 0 bridgehead atoms. The van der Waals surface area contributed by atoms with Crippen molar-refractivity contribution in [2.75, 3.05) is 5.32 Å². The van der Waals surface area contributed by atoms with E-state index in [1.54, 1.807) is 24.3 Å². The summed E-state index contributed by atoms with van der Waals surface area (Å²) in [6.45, 7) is 2.03. The molecule has 1 fully saturated rings. The van der Waals surface area contributed by atoms with Crippen LogP contribution in [0.15, 0.2) is 36.4 Å². The largest absolute Gasteiger partial charge is 0.482 e. The normalized spacial score (nSPS) is 14.4. The topological polar surface area (TPSA) is 81.5 Å². The maximum absolute atomic E-state index is 12.5. The standard InChI is InChI=1S/C20H20Cl2N2O4/c1-2-8-20(9-10-20)19(25)23-13-6-7-18(17(11-13)24(26)27)28-12-14-15(21)4-3-5-16(14)22/h3-7,11H,2,8-10,12H2,1H3,(H,23,25). The van der Waals surface area contributed by atoms with E-state index in [0.717, 1.165) is 25.7 Å². The van der Waals surface area contributed by atoms with E-state index < -0.39 is 4.92 Å². The van der Waals surface area contributed by atoms with Crippen molar-refractivity contribution in [3.05, 3.63) is 62.1 Å². The predicted molar refractivity (Wildman–Crippen MR) is 109 cm³/mol. The van der Waals surface area contributed by atoms with Crippen molar-refractivity contribution in [3.8, 4) is 5.75 Å². The Balaban J connectivity index is 1.76. The minimum Gasteiger partial charge on any atom is -0.482 e. The van der Waals surface area contributed by atoms with Crippen LogP contribution in [0.2, 0.25) is 10.0 Å². The maximum Gasteiger partial charge on any atom is 0.313 e. The maximum atomic E-state index is 12.5. The lowest BCUT2D eigenvalue weighted by Gasteiger charge is -2.15. The van der Waals surface area contributed by atoms with Gasteiger partial charge in [-0.05, 0) is 43.5 Å². The van der Waals surface area contributed by atoms with E-state index in [-0.39, 0.29) is 29.4 Å². The summed E-state index contributed by atoms with van der Waals surface area (Å²) in [5, 5.41) is 15.1. The van der Waals surface area contributed by atoms with Crippen LogP contribution in [0, 0.1) is 15.5 Å². The number of hydrogen-bond acceptors (Lipinski definition) is 4. The lowest BCUT2D eigenvalue weighted by Crippen LogP contribution is -2.24. The van der Waals surface area contributed by atoms with E-state index in [2.05, 4.69) is 5.32 Å². The van der Waals surface area contributed by atoms with Crippen LogP contribution in [0.25, 0.3) is 0 Å². The van der Waals surface area contributed by atoms with E-state index in [9.17, 15) is 14.9 Å². The lowest BCUT2D eigenvalue weighted by molar-refractivity contribution is -0.385. The zero-order valence-corrected chi connectivity index (χ0v) is 16.8. The van der Waals surface area contributed by atoms with Crippen molar-refractivity contribution in [1.29, 1.82) is 0 Å². The fourth-order valence-corrected chi connectivity index (χ4v) is 3.67. The molecular weight excluding hydrogens is 403 g/mol. The Labute approximate surface area is 172 Å². The first-order chi connectivity index (χ1) is 13.4. The van der Waals surface area contributed by atoms with E-state index >= 15 is 0 Å². The van der Waals surface area contributed by atoms with Gasteiger partial charge in [0.15, 0.2) is 5.75 Å². The second kappa shape index (κ2) is 8.37. The highest BCUT2D eigenvalue weighted by Crippen LogP contribution is 2.50. The van der Waals surface area contributed by atoms with Crippen LogP contribution in [-0.2, 0) is 11.4 Å². The molecule has 0 radical (unpaired) electrons. The highest BCUT2D eigenvalue weighted by Gasteiger charge is 2.48. The van der Waals surface area contributed by atoms with Crippen molar-refractivity contribution >= 4 is 40.5 Å². The van der Waals surface area contributed by atoms with E-state index in [4.69, 9.17) is 27.9 Å². The van der Waals surface area contributed by atoms with Gasteiger partial charge in [-0.3, -0.25) is 14.9 Å². The number of halogens is 2. The Hall–Kier alpha value is -2.31. The highest BCUT2D eigenvalue weighted by molar-refractivity contribution is 6.35. The van der Waals surface area contributed by atoms with Gasteiger partial charge in [-0.25, -0.2) is 0 Å². The number of nitrogens with one attached hydrogen (secondary N) is 1. The fraction of sp³-hybridized carbons (Fsp3) is 0.350. The predicted octanol–water partition coefficient (Wildman–Crippen LogP) is 6.00. The van der Waals surface area contributed by atoms with Gasteiger partial charge < -0.3 is 10.1 Å². The molecular formula is C20H20Cl2N2O4. The quantitative estimate of drug-likeness (QED) is 0.417. The molecule has 0 aromatic heterocycles. The minimum absolute atomic E-state index is 0.00926. The second-order valence-electron chi connectivity index (χ2n) is 6.91. The Morgan fingerprint density at radius 2 is 1.93 bits per heavy atom. The number of nitro benzene ring substituents is 1. The van der Waals surface area contributed by atoms with Crippen molar-refractivity contribution in [2.45, 2.75) is 39.2 Å². The van der Waals surface area contributed by atoms with Crippen LogP contribution >= 0.6 is 23.2 Å². The van der Waals surface area contributed by atoms with Crippen molar-refractivity contribution in [3.63, 3.8) is 0 Å². The van der Waals surface area contributed by atoms with Gasteiger partial charge in [0.05, 0.1) is 4.92 Å². The SMILES string of the molecule is CCCC1(C(=O)Nc2ccc(OCc3c(Cl)cccc3Cl)c([N+](=O)[O-])c2)CC1. The molecule has 1 N–H and O–H groups in total. The summed E-state index contributed by atoms with van der Waals surface area (Å²) in [5.74, 6) is -0.00570. The van der Waals surface area contributed by atoms with Crippen LogP contribution in [0.5, 0.6) is 5.75 Å².